The normalized spacial score (nSPS) is 13.1. The Kier molecular flexibility index (Phi) is 6.07. The molecule has 21 heavy (non-hydrogen) atoms. The first kappa shape index (κ1) is 18.3. The van der Waals surface area contributed by atoms with Crippen molar-refractivity contribution in [2.45, 2.75) is 31.7 Å². The number of benzene rings is 1. The lowest BCUT2D eigenvalue weighted by molar-refractivity contribution is 0.0930. The van der Waals surface area contributed by atoms with E-state index < -0.39 is 9.05 Å². The third-order valence-electron chi connectivity index (χ3n) is 3.10. The van der Waals surface area contributed by atoms with Gasteiger partial charge in [0.1, 0.15) is 4.90 Å². The summed E-state index contributed by atoms with van der Waals surface area (Å²) in [5.41, 5.74) is 0.189. The maximum absolute atomic E-state index is 12.2. The van der Waals surface area contributed by atoms with Crippen molar-refractivity contribution < 1.29 is 17.9 Å². The minimum atomic E-state index is -4.03. The summed E-state index contributed by atoms with van der Waals surface area (Å²) in [5.74, 6) is -0.0496. The van der Waals surface area contributed by atoms with E-state index in [1.54, 1.807) is 0 Å². The van der Waals surface area contributed by atoms with Crippen LogP contribution in [0.1, 0.15) is 31.1 Å². The van der Waals surface area contributed by atoms with Gasteiger partial charge in [0.05, 0.1) is 11.6 Å². The molecule has 0 fully saturated rings. The molecule has 0 aliphatic carbocycles. The molecule has 0 saturated carbocycles. The minimum Gasteiger partial charge on any atom is -0.494 e. The van der Waals surface area contributed by atoms with Crippen molar-refractivity contribution in [3.8, 4) is 5.75 Å². The van der Waals surface area contributed by atoms with Gasteiger partial charge in [-0.1, -0.05) is 13.8 Å². The second-order valence-electron chi connectivity index (χ2n) is 4.93. The van der Waals surface area contributed by atoms with E-state index in [1.807, 2.05) is 20.8 Å². The molecule has 0 spiro atoms. The zero-order valence-corrected chi connectivity index (χ0v) is 15.3. The van der Waals surface area contributed by atoms with E-state index in [1.165, 1.54) is 19.2 Å². The van der Waals surface area contributed by atoms with Gasteiger partial charge in [-0.25, -0.2) is 8.42 Å². The average molecular weight is 399 g/mol. The third-order valence-corrected chi connectivity index (χ3v) is 5.01. The summed E-state index contributed by atoms with van der Waals surface area (Å²) in [4.78, 5) is 11.9. The summed E-state index contributed by atoms with van der Waals surface area (Å²) in [7, 11) is 2.68. The summed E-state index contributed by atoms with van der Waals surface area (Å²) >= 11 is 3.19. The Bertz CT molecular complexity index is 646. The highest BCUT2D eigenvalue weighted by molar-refractivity contribution is 9.10. The van der Waals surface area contributed by atoms with Crippen LogP contribution in [0.3, 0.4) is 0 Å². The molecule has 118 valence electrons. The fourth-order valence-electron chi connectivity index (χ4n) is 1.54. The summed E-state index contributed by atoms with van der Waals surface area (Å²) in [6.45, 7) is 5.83. The van der Waals surface area contributed by atoms with Gasteiger partial charge in [0.25, 0.3) is 15.0 Å². The lowest BCUT2D eigenvalue weighted by atomic mass is 10.1. The molecule has 8 heteroatoms. The van der Waals surface area contributed by atoms with Gasteiger partial charge in [-0.2, -0.15) is 0 Å². The number of hydrogen-bond acceptors (Lipinski definition) is 4. The van der Waals surface area contributed by atoms with Gasteiger partial charge in [-0.05, 0) is 40.9 Å². The van der Waals surface area contributed by atoms with Gasteiger partial charge in [-0.15, -0.1) is 0 Å². The molecular weight excluding hydrogens is 382 g/mol. The Balaban J connectivity index is 3.28. The van der Waals surface area contributed by atoms with E-state index in [4.69, 9.17) is 15.4 Å². The van der Waals surface area contributed by atoms with Crippen molar-refractivity contribution >= 4 is 41.6 Å². The van der Waals surface area contributed by atoms with Crippen LogP contribution in [0, 0.1) is 5.92 Å². The maximum Gasteiger partial charge on any atom is 0.265 e. The van der Waals surface area contributed by atoms with Crippen LogP contribution in [-0.4, -0.2) is 27.5 Å². The largest absolute Gasteiger partial charge is 0.494 e. The number of rotatable bonds is 5. The van der Waals surface area contributed by atoms with Gasteiger partial charge in [0.2, 0.25) is 0 Å². The first-order valence-electron chi connectivity index (χ1n) is 6.21. The fraction of sp³-hybridized carbons (Fsp3) is 0.462. The SMILES string of the molecule is COc1c(Br)cc(C(=O)NC(C)C(C)C)cc1S(=O)(=O)Cl. The fourth-order valence-corrected chi connectivity index (χ4v) is 3.31. The highest BCUT2D eigenvalue weighted by Gasteiger charge is 2.23. The van der Waals surface area contributed by atoms with E-state index in [0.717, 1.165) is 0 Å². The van der Waals surface area contributed by atoms with Crippen molar-refractivity contribution in [3.05, 3.63) is 22.2 Å². The smallest absolute Gasteiger partial charge is 0.265 e. The molecule has 0 aromatic heterocycles. The molecule has 0 radical (unpaired) electrons. The number of ether oxygens (including phenoxy) is 1. The van der Waals surface area contributed by atoms with Crippen LogP contribution in [0.15, 0.2) is 21.5 Å². The Labute approximate surface area is 137 Å². The van der Waals surface area contributed by atoms with Crippen LogP contribution >= 0.6 is 26.6 Å². The molecule has 0 saturated heterocycles. The Morgan fingerprint density at radius 1 is 1.33 bits per heavy atom. The predicted molar refractivity (Wildman–Crippen MR) is 85.5 cm³/mol. The van der Waals surface area contributed by atoms with Crippen LogP contribution in [0.25, 0.3) is 0 Å². The summed E-state index contributed by atoms with van der Waals surface area (Å²) < 4.78 is 28.6. The van der Waals surface area contributed by atoms with Gasteiger partial charge < -0.3 is 10.1 Å². The molecular formula is C13H17BrClNO4S. The van der Waals surface area contributed by atoms with Crippen LogP contribution in [-0.2, 0) is 9.05 Å². The molecule has 0 aliphatic rings. The molecule has 1 N–H and O–H groups in total. The number of amides is 1. The van der Waals surface area contributed by atoms with Gasteiger partial charge in [0, 0.05) is 22.3 Å². The van der Waals surface area contributed by atoms with E-state index in [-0.39, 0.29) is 34.1 Å². The quantitative estimate of drug-likeness (QED) is 0.773. The van der Waals surface area contributed by atoms with Crippen molar-refractivity contribution in [1.82, 2.24) is 5.32 Å². The van der Waals surface area contributed by atoms with Crippen molar-refractivity contribution in [2.24, 2.45) is 5.92 Å². The molecule has 0 bridgehead atoms. The lowest BCUT2D eigenvalue weighted by Crippen LogP contribution is -2.36. The Morgan fingerprint density at radius 3 is 2.33 bits per heavy atom. The van der Waals surface area contributed by atoms with Gasteiger partial charge >= 0.3 is 0 Å². The third kappa shape index (κ3) is 4.59. The Hall–Kier alpha value is -0.790. The molecule has 1 amide bonds. The maximum atomic E-state index is 12.2. The van der Waals surface area contributed by atoms with Crippen molar-refractivity contribution in [3.63, 3.8) is 0 Å². The number of nitrogens with one attached hydrogen (secondary N) is 1. The average Bonchev–Trinajstić information content (AvgIpc) is 2.36. The van der Waals surface area contributed by atoms with Gasteiger partial charge in [-0.3, -0.25) is 4.79 Å². The van der Waals surface area contributed by atoms with Crippen LogP contribution in [0.4, 0.5) is 0 Å². The topological polar surface area (TPSA) is 72.5 Å². The number of methoxy groups -OCH3 is 1. The zero-order valence-electron chi connectivity index (χ0n) is 12.1. The molecule has 1 atom stereocenters. The molecule has 5 nitrogen and oxygen atoms in total. The first-order valence-corrected chi connectivity index (χ1v) is 9.31. The highest BCUT2D eigenvalue weighted by Crippen LogP contribution is 2.35. The first-order chi connectivity index (χ1) is 9.57. The summed E-state index contributed by atoms with van der Waals surface area (Å²) in [5, 5.41) is 2.80. The van der Waals surface area contributed by atoms with Crippen molar-refractivity contribution in [1.29, 1.82) is 0 Å². The molecule has 1 unspecified atom stereocenters. The molecule has 1 rings (SSSR count). The number of carbonyl (C=O) groups is 1. The molecule has 0 aliphatic heterocycles. The van der Waals surface area contributed by atoms with E-state index in [9.17, 15) is 13.2 Å². The van der Waals surface area contributed by atoms with Crippen LogP contribution in [0.2, 0.25) is 0 Å². The molecule has 1 aromatic carbocycles. The minimum absolute atomic E-state index is 0.0468. The number of carbonyl (C=O) groups excluding carboxylic acids is 1. The second kappa shape index (κ2) is 6.98. The monoisotopic (exact) mass is 397 g/mol. The lowest BCUT2D eigenvalue weighted by Gasteiger charge is -2.18. The van der Waals surface area contributed by atoms with Crippen molar-refractivity contribution in [2.75, 3.05) is 7.11 Å². The summed E-state index contributed by atoms with van der Waals surface area (Å²) in [6.07, 6.45) is 0. The molecule has 0 heterocycles. The van der Waals surface area contributed by atoms with E-state index >= 15 is 0 Å². The van der Waals surface area contributed by atoms with E-state index in [0.29, 0.717) is 4.47 Å². The van der Waals surface area contributed by atoms with Crippen LogP contribution in [0.5, 0.6) is 5.75 Å². The van der Waals surface area contributed by atoms with Gasteiger partial charge in [0.15, 0.2) is 5.75 Å². The second-order valence-corrected chi connectivity index (χ2v) is 8.32. The van der Waals surface area contributed by atoms with Crippen LogP contribution < -0.4 is 10.1 Å². The summed E-state index contributed by atoms with van der Waals surface area (Å²) in [6, 6.07) is 2.65. The number of halogens is 2. The molecule has 1 aromatic rings. The Morgan fingerprint density at radius 2 is 1.90 bits per heavy atom. The highest BCUT2D eigenvalue weighted by atomic mass is 79.9. The van der Waals surface area contributed by atoms with E-state index in [2.05, 4.69) is 21.2 Å². The standard InChI is InChI=1S/C13H17BrClNO4S/c1-7(2)8(3)16-13(17)9-5-10(14)12(20-4)11(6-9)21(15,18)19/h5-8H,1-4H3,(H,16,17). The predicted octanol–water partition coefficient (Wildman–Crippen LogP) is 3.16. The number of hydrogen-bond donors (Lipinski definition) is 1. The zero-order chi connectivity index (χ0) is 16.4.